The van der Waals surface area contributed by atoms with Gasteiger partial charge in [-0.3, -0.25) is 9.59 Å². The molecule has 1 saturated heterocycles. The molecule has 1 aliphatic carbocycles. The molecule has 2 atom stereocenters. The molecule has 0 radical (unpaired) electrons. The second-order valence-corrected chi connectivity index (χ2v) is 6.54. The quantitative estimate of drug-likeness (QED) is 0.326. The fraction of sp³-hybridized carbons (Fsp3) is 0.529. The van der Waals surface area contributed by atoms with Crippen LogP contribution in [0.25, 0.3) is 0 Å². The predicted octanol–water partition coefficient (Wildman–Crippen LogP) is 1.13. The van der Waals surface area contributed by atoms with Crippen molar-refractivity contribution >= 4 is 17.9 Å². The average Bonchev–Trinajstić information content (AvgIpc) is 2.94. The first-order chi connectivity index (χ1) is 11.2. The number of hydrogen-bond donors (Lipinski definition) is 0. The summed E-state index contributed by atoms with van der Waals surface area (Å²) < 4.78 is 5.15. The summed E-state index contributed by atoms with van der Waals surface area (Å²) >= 11 is 0. The number of hydrogen-bond acceptors (Lipinski definition) is 5. The largest absolute Gasteiger partial charge is 0.443 e. The highest BCUT2D eigenvalue weighted by Crippen LogP contribution is 2.59. The number of esters is 1. The molecular formula is C17H19N3O4. The number of nitrogens with zero attached hydrogens (tertiary/aromatic N) is 3. The van der Waals surface area contributed by atoms with Crippen molar-refractivity contribution in [2.45, 2.75) is 20.8 Å². The lowest BCUT2D eigenvalue weighted by molar-refractivity contribution is -0.151. The molecule has 7 heteroatoms. The predicted molar refractivity (Wildman–Crippen MR) is 83.7 cm³/mol. The van der Waals surface area contributed by atoms with E-state index in [1.165, 1.54) is 4.90 Å². The summed E-state index contributed by atoms with van der Waals surface area (Å²) in [6.45, 7) is 5.00. The molecule has 7 nitrogen and oxygen atoms in total. The molecule has 2 fully saturated rings. The number of allylic oxidation sites excluding steroid dienone is 2. The van der Waals surface area contributed by atoms with E-state index in [0.717, 1.165) is 4.90 Å². The molecule has 0 spiro atoms. The van der Waals surface area contributed by atoms with Gasteiger partial charge < -0.3 is 9.64 Å². The first-order valence-electron chi connectivity index (χ1n) is 7.52. The van der Waals surface area contributed by atoms with Crippen molar-refractivity contribution in [1.29, 1.82) is 5.26 Å². The van der Waals surface area contributed by atoms with Crippen molar-refractivity contribution in [1.82, 2.24) is 9.80 Å². The van der Waals surface area contributed by atoms with Crippen molar-refractivity contribution < 1.29 is 19.1 Å². The number of amides is 3. The molecule has 0 aromatic heterocycles. The minimum atomic E-state index is -0.558. The van der Waals surface area contributed by atoms with Crippen molar-refractivity contribution in [3.63, 3.8) is 0 Å². The van der Waals surface area contributed by atoms with Gasteiger partial charge in [-0.15, -0.1) is 6.42 Å². The second-order valence-electron chi connectivity index (χ2n) is 6.54. The standard InChI is InChI=1S/C17H19N3O4/c1-5-6-19-9-13(21)20(16(19)23)10-24-15(22)14-12(17(14,3)4)7-11(2)8-18/h1,7,12,14H,6,9-10H2,2-4H3/b11-7+/t12-,14-/m0/s1. The van der Waals surface area contributed by atoms with Crippen LogP contribution in [-0.2, 0) is 14.3 Å². The molecule has 24 heavy (non-hydrogen) atoms. The van der Waals surface area contributed by atoms with Crippen LogP contribution in [0.2, 0.25) is 0 Å². The van der Waals surface area contributed by atoms with Crippen LogP contribution >= 0.6 is 0 Å². The van der Waals surface area contributed by atoms with E-state index in [-0.39, 0.29) is 24.4 Å². The fourth-order valence-corrected chi connectivity index (χ4v) is 2.92. The van der Waals surface area contributed by atoms with E-state index in [1.807, 2.05) is 19.9 Å². The van der Waals surface area contributed by atoms with Crippen molar-refractivity contribution in [3.05, 3.63) is 11.6 Å². The van der Waals surface area contributed by atoms with Gasteiger partial charge in [-0.25, -0.2) is 9.69 Å². The van der Waals surface area contributed by atoms with Crippen LogP contribution in [0.3, 0.4) is 0 Å². The minimum Gasteiger partial charge on any atom is -0.443 e. The normalized spacial score (nSPS) is 25.3. The summed E-state index contributed by atoms with van der Waals surface area (Å²) in [5.41, 5.74) is 0.224. The number of carbonyl (C=O) groups is 3. The average molecular weight is 329 g/mol. The Morgan fingerprint density at radius 2 is 2.17 bits per heavy atom. The number of terminal acetylenes is 1. The van der Waals surface area contributed by atoms with Crippen LogP contribution in [0.4, 0.5) is 4.79 Å². The topological polar surface area (TPSA) is 90.7 Å². The SMILES string of the molecule is C#CCN1CC(=O)N(COC(=O)[C@@H]2[C@H](/C=C(\C)C#N)C2(C)C)C1=O. The van der Waals surface area contributed by atoms with Gasteiger partial charge in [-0.05, 0) is 18.3 Å². The van der Waals surface area contributed by atoms with Gasteiger partial charge in [0.2, 0.25) is 0 Å². The summed E-state index contributed by atoms with van der Waals surface area (Å²) in [5.74, 6) is 0.884. The van der Waals surface area contributed by atoms with Crippen LogP contribution < -0.4 is 0 Å². The Balaban J connectivity index is 1.95. The van der Waals surface area contributed by atoms with Crippen molar-refractivity contribution in [2.75, 3.05) is 19.8 Å². The number of carbonyl (C=O) groups excluding carboxylic acids is 3. The summed E-state index contributed by atoms with van der Waals surface area (Å²) in [6, 6.07) is 1.47. The van der Waals surface area contributed by atoms with Gasteiger partial charge in [-0.1, -0.05) is 25.8 Å². The zero-order valence-electron chi connectivity index (χ0n) is 13.9. The van der Waals surface area contributed by atoms with Crippen LogP contribution in [0.5, 0.6) is 0 Å². The van der Waals surface area contributed by atoms with Gasteiger partial charge >= 0.3 is 12.0 Å². The molecule has 0 bridgehead atoms. The van der Waals surface area contributed by atoms with Gasteiger partial charge in [0, 0.05) is 5.57 Å². The monoisotopic (exact) mass is 329 g/mol. The Morgan fingerprint density at radius 3 is 2.75 bits per heavy atom. The zero-order valence-corrected chi connectivity index (χ0v) is 13.9. The Kier molecular flexibility index (Phi) is 4.66. The third kappa shape index (κ3) is 3.11. The first-order valence-corrected chi connectivity index (χ1v) is 7.52. The lowest BCUT2D eigenvalue weighted by atomic mass is 10.1. The van der Waals surface area contributed by atoms with E-state index in [0.29, 0.717) is 5.57 Å². The Labute approximate surface area is 140 Å². The summed E-state index contributed by atoms with van der Waals surface area (Å²) in [4.78, 5) is 38.1. The summed E-state index contributed by atoms with van der Waals surface area (Å²) in [6.07, 6.45) is 6.90. The molecule has 1 aliphatic heterocycles. The number of rotatable bonds is 5. The summed E-state index contributed by atoms with van der Waals surface area (Å²) in [5, 5.41) is 8.85. The maximum Gasteiger partial charge on any atom is 0.330 e. The zero-order chi connectivity index (χ0) is 18.1. The van der Waals surface area contributed by atoms with E-state index in [1.54, 1.807) is 13.0 Å². The molecule has 0 aromatic rings. The smallest absolute Gasteiger partial charge is 0.330 e. The van der Waals surface area contributed by atoms with E-state index in [9.17, 15) is 14.4 Å². The second kappa shape index (κ2) is 6.37. The van der Waals surface area contributed by atoms with E-state index < -0.39 is 30.6 Å². The first kappa shape index (κ1) is 17.6. The minimum absolute atomic E-state index is 0.0327. The van der Waals surface area contributed by atoms with E-state index in [2.05, 4.69) is 5.92 Å². The number of urea groups is 1. The van der Waals surface area contributed by atoms with Gasteiger partial charge in [0.15, 0.2) is 6.73 Å². The lowest BCUT2D eigenvalue weighted by Gasteiger charge is -2.15. The number of nitriles is 1. The molecular weight excluding hydrogens is 310 g/mol. The van der Waals surface area contributed by atoms with E-state index >= 15 is 0 Å². The Morgan fingerprint density at radius 1 is 1.50 bits per heavy atom. The van der Waals surface area contributed by atoms with Crippen molar-refractivity contribution in [3.8, 4) is 18.4 Å². The van der Waals surface area contributed by atoms with E-state index in [4.69, 9.17) is 16.4 Å². The molecule has 0 aromatic carbocycles. The van der Waals surface area contributed by atoms with Crippen LogP contribution in [0.1, 0.15) is 20.8 Å². The van der Waals surface area contributed by atoms with Crippen molar-refractivity contribution in [2.24, 2.45) is 17.3 Å². The van der Waals surface area contributed by atoms with Gasteiger partial charge in [0.05, 0.1) is 18.5 Å². The van der Waals surface area contributed by atoms with Gasteiger partial charge in [0.1, 0.15) is 6.54 Å². The lowest BCUT2D eigenvalue weighted by Crippen LogP contribution is -2.36. The van der Waals surface area contributed by atoms with Gasteiger partial charge in [0.25, 0.3) is 5.91 Å². The highest BCUT2D eigenvalue weighted by molar-refractivity contribution is 6.02. The maximum absolute atomic E-state index is 12.2. The molecule has 1 heterocycles. The van der Waals surface area contributed by atoms with Crippen LogP contribution in [0.15, 0.2) is 11.6 Å². The molecule has 2 rings (SSSR count). The van der Waals surface area contributed by atoms with Gasteiger partial charge in [-0.2, -0.15) is 5.26 Å². The highest BCUT2D eigenvalue weighted by atomic mass is 16.5. The molecule has 3 amide bonds. The molecule has 0 unspecified atom stereocenters. The van der Waals surface area contributed by atoms with Crippen LogP contribution in [-0.4, -0.2) is 47.5 Å². The number of imide groups is 1. The summed E-state index contributed by atoms with van der Waals surface area (Å²) in [7, 11) is 0. The highest BCUT2D eigenvalue weighted by Gasteiger charge is 2.61. The molecule has 2 aliphatic rings. The molecule has 0 N–H and O–H groups in total. The third-order valence-corrected chi connectivity index (χ3v) is 4.52. The molecule has 1 saturated carbocycles. The molecule has 126 valence electrons. The third-order valence-electron chi connectivity index (χ3n) is 4.52. The van der Waals surface area contributed by atoms with Crippen LogP contribution in [0, 0.1) is 40.9 Å². The maximum atomic E-state index is 12.2. The number of ether oxygens (including phenoxy) is 1. The fourth-order valence-electron chi connectivity index (χ4n) is 2.92. The Hall–Kier alpha value is -2.80. The Bertz CT molecular complexity index is 696.